The Bertz CT molecular complexity index is 583. The van der Waals surface area contributed by atoms with Crippen LogP contribution in [0.25, 0.3) is 0 Å². The Kier molecular flexibility index (Phi) is 3.43. The summed E-state index contributed by atoms with van der Waals surface area (Å²) < 4.78 is 13.5. The fourth-order valence-corrected chi connectivity index (χ4v) is 1.66. The van der Waals surface area contributed by atoms with Crippen LogP contribution in [0.4, 0.5) is 15.9 Å². The lowest BCUT2D eigenvalue weighted by atomic mass is 10.2. The zero-order valence-corrected chi connectivity index (χ0v) is 9.91. The zero-order chi connectivity index (χ0) is 13.1. The van der Waals surface area contributed by atoms with Crippen molar-refractivity contribution in [1.29, 1.82) is 0 Å². The van der Waals surface area contributed by atoms with Crippen molar-refractivity contribution in [3.05, 3.63) is 52.9 Å². The number of carbonyl (C=O) groups excluding carboxylic acids is 1. The summed E-state index contributed by atoms with van der Waals surface area (Å²) >= 11 is 5.78. The molecule has 1 aromatic heterocycles. The van der Waals surface area contributed by atoms with Crippen molar-refractivity contribution in [2.24, 2.45) is 0 Å². The number of halogens is 2. The van der Waals surface area contributed by atoms with Gasteiger partial charge < -0.3 is 11.1 Å². The van der Waals surface area contributed by atoms with Crippen molar-refractivity contribution in [2.75, 3.05) is 11.1 Å². The molecular weight excluding hydrogens is 257 g/mol. The molecule has 0 saturated heterocycles. The molecule has 0 aliphatic heterocycles. The molecule has 0 saturated carbocycles. The van der Waals surface area contributed by atoms with Crippen LogP contribution in [0.2, 0.25) is 5.02 Å². The van der Waals surface area contributed by atoms with Crippen LogP contribution < -0.4 is 11.1 Å². The number of amides is 1. The second-order valence-corrected chi connectivity index (χ2v) is 3.90. The molecule has 4 nitrogen and oxygen atoms in total. The van der Waals surface area contributed by atoms with Crippen LogP contribution in [-0.4, -0.2) is 10.9 Å². The lowest BCUT2D eigenvalue weighted by molar-refractivity contribution is 0.102. The molecule has 2 aromatic rings. The predicted octanol–water partition coefficient (Wildman–Crippen LogP) is 2.71. The predicted molar refractivity (Wildman–Crippen MR) is 68.0 cm³/mol. The molecule has 0 aliphatic carbocycles. The van der Waals surface area contributed by atoms with E-state index in [1.165, 1.54) is 18.3 Å². The summed E-state index contributed by atoms with van der Waals surface area (Å²) in [4.78, 5) is 15.8. The molecule has 0 fully saturated rings. The van der Waals surface area contributed by atoms with E-state index in [0.29, 0.717) is 5.69 Å². The summed E-state index contributed by atoms with van der Waals surface area (Å²) in [5.41, 5.74) is 5.68. The number of pyridine rings is 1. The van der Waals surface area contributed by atoms with E-state index in [4.69, 9.17) is 17.3 Å². The smallest absolute Gasteiger partial charge is 0.261 e. The van der Waals surface area contributed by atoms with Gasteiger partial charge in [0.05, 0.1) is 16.3 Å². The molecule has 0 unspecified atom stereocenters. The number of nitrogens with one attached hydrogen (secondary N) is 1. The average molecular weight is 266 g/mol. The standard InChI is InChI=1S/C12H9ClFN3O/c13-7-3-1-4-8(14)10(7)12(18)17-11-9(15)5-2-6-16-11/h1-6H,15H2,(H,16,17,18). The van der Waals surface area contributed by atoms with E-state index in [-0.39, 0.29) is 16.4 Å². The fraction of sp³-hybridized carbons (Fsp3) is 0. The van der Waals surface area contributed by atoms with Gasteiger partial charge in [-0.1, -0.05) is 17.7 Å². The Labute approximate surface area is 108 Å². The summed E-state index contributed by atoms with van der Waals surface area (Å²) in [6.07, 6.45) is 1.47. The van der Waals surface area contributed by atoms with Gasteiger partial charge in [-0.05, 0) is 24.3 Å². The summed E-state index contributed by atoms with van der Waals surface area (Å²) in [7, 11) is 0. The summed E-state index contributed by atoms with van der Waals surface area (Å²) in [6.45, 7) is 0. The molecule has 0 bridgehead atoms. The fourth-order valence-electron chi connectivity index (χ4n) is 1.41. The molecule has 1 amide bonds. The zero-order valence-electron chi connectivity index (χ0n) is 9.15. The Morgan fingerprint density at radius 2 is 2.11 bits per heavy atom. The average Bonchev–Trinajstić information content (AvgIpc) is 2.32. The number of hydrogen-bond donors (Lipinski definition) is 2. The Balaban J connectivity index is 2.31. The largest absolute Gasteiger partial charge is 0.396 e. The highest BCUT2D eigenvalue weighted by Crippen LogP contribution is 2.21. The van der Waals surface area contributed by atoms with Crippen LogP contribution in [0.15, 0.2) is 36.5 Å². The number of benzene rings is 1. The number of aromatic nitrogens is 1. The Morgan fingerprint density at radius 3 is 2.78 bits per heavy atom. The lowest BCUT2D eigenvalue weighted by Gasteiger charge is -2.08. The molecular formula is C12H9ClFN3O. The van der Waals surface area contributed by atoms with Gasteiger partial charge in [-0.3, -0.25) is 4.79 Å². The van der Waals surface area contributed by atoms with Crippen molar-refractivity contribution >= 4 is 29.0 Å². The minimum absolute atomic E-state index is 0.0296. The molecule has 6 heteroatoms. The monoisotopic (exact) mass is 265 g/mol. The first kappa shape index (κ1) is 12.3. The van der Waals surface area contributed by atoms with Crippen LogP contribution in [0.1, 0.15) is 10.4 Å². The van der Waals surface area contributed by atoms with Crippen molar-refractivity contribution in [3.63, 3.8) is 0 Å². The number of hydrogen-bond acceptors (Lipinski definition) is 3. The van der Waals surface area contributed by atoms with Crippen LogP contribution in [-0.2, 0) is 0 Å². The summed E-state index contributed by atoms with van der Waals surface area (Å²) in [5.74, 6) is -1.22. The number of carbonyl (C=O) groups is 1. The van der Waals surface area contributed by atoms with E-state index >= 15 is 0 Å². The van der Waals surface area contributed by atoms with E-state index in [2.05, 4.69) is 10.3 Å². The van der Waals surface area contributed by atoms with Crippen LogP contribution in [0.5, 0.6) is 0 Å². The molecule has 92 valence electrons. The molecule has 1 heterocycles. The first-order valence-corrected chi connectivity index (χ1v) is 5.43. The molecule has 3 N–H and O–H groups in total. The van der Waals surface area contributed by atoms with Gasteiger partial charge in [-0.25, -0.2) is 9.37 Å². The van der Waals surface area contributed by atoms with Gasteiger partial charge >= 0.3 is 0 Å². The number of nitrogens with zero attached hydrogens (tertiary/aromatic N) is 1. The van der Waals surface area contributed by atoms with Gasteiger partial charge in [0.2, 0.25) is 0 Å². The second kappa shape index (κ2) is 5.01. The number of nitrogens with two attached hydrogens (primary N) is 1. The maximum atomic E-state index is 13.5. The van der Waals surface area contributed by atoms with Crippen molar-refractivity contribution in [2.45, 2.75) is 0 Å². The topological polar surface area (TPSA) is 68.0 Å². The van der Waals surface area contributed by atoms with Crippen LogP contribution in [0, 0.1) is 5.82 Å². The van der Waals surface area contributed by atoms with E-state index in [0.717, 1.165) is 6.07 Å². The quantitative estimate of drug-likeness (QED) is 0.877. The van der Waals surface area contributed by atoms with Crippen molar-refractivity contribution in [3.8, 4) is 0 Å². The third-order valence-corrected chi connectivity index (χ3v) is 2.58. The third-order valence-electron chi connectivity index (χ3n) is 2.26. The Hall–Kier alpha value is -2.14. The van der Waals surface area contributed by atoms with Gasteiger partial charge in [0.15, 0.2) is 5.82 Å². The van der Waals surface area contributed by atoms with Crippen molar-refractivity contribution < 1.29 is 9.18 Å². The van der Waals surface area contributed by atoms with E-state index < -0.39 is 11.7 Å². The number of nitrogen functional groups attached to an aromatic ring is 1. The number of rotatable bonds is 2. The highest BCUT2D eigenvalue weighted by Gasteiger charge is 2.16. The second-order valence-electron chi connectivity index (χ2n) is 3.49. The maximum Gasteiger partial charge on any atom is 0.261 e. The highest BCUT2D eigenvalue weighted by atomic mass is 35.5. The lowest BCUT2D eigenvalue weighted by Crippen LogP contribution is -2.16. The first-order valence-electron chi connectivity index (χ1n) is 5.05. The normalized spacial score (nSPS) is 10.1. The molecule has 2 rings (SSSR count). The molecule has 0 aliphatic rings. The van der Waals surface area contributed by atoms with Gasteiger partial charge in [-0.2, -0.15) is 0 Å². The van der Waals surface area contributed by atoms with Gasteiger partial charge in [0.25, 0.3) is 5.91 Å². The van der Waals surface area contributed by atoms with Crippen LogP contribution >= 0.6 is 11.6 Å². The Morgan fingerprint density at radius 1 is 1.33 bits per heavy atom. The minimum atomic E-state index is -0.700. The van der Waals surface area contributed by atoms with Gasteiger partial charge in [0.1, 0.15) is 5.82 Å². The van der Waals surface area contributed by atoms with Gasteiger partial charge in [0, 0.05) is 6.20 Å². The minimum Gasteiger partial charge on any atom is -0.396 e. The highest BCUT2D eigenvalue weighted by molar-refractivity contribution is 6.34. The molecule has 18 heavy (non-hydrogen) atoms. The number of anilines is 2. The van der Waals surface area contributed by atoms with E-state index in [9.17, 15) is 9.18 Å². The molecule has 0 radical (unpaired) electrons. The molecule has 1 aromatic carbocycles. The van der Waals surface area contributed by atoms with Gasteiger partial charge in [-0.15, -0.1) is 0 Å². The third kappa shape index (κ3) is 2.41. The molecule has 0 spiro atoms. The SMILES string of the molecule is Nc1cccnc1NC(=O)c1c(F)cccc1Cl. The summed E-state index contributed by atoms with van der Waals surface area (Å²) in [5, 5.41) is 2.44. The summed E-state index contributed by atoms with van der Waals surface area (Å²) in [6, 6.07) is 7.21. The van der Waals surface area contributed by atoms with E-state index in [1.807, 2.05) is 0 Å². The van der Waals surface area contributed by atoms with Crippen LogP contribution in [0.3, 0.4) is 0 Å². The molecule has 0 atom stereocenters. The van der Waals surface area contributed by atoms with E-state index in [1.54, 1.807) is 12.1 Å². The first-order chi connectivity index (χ1) is 8.59. The van der Waals surface area contributed by atoms with Crippen molar-refractivity contribution in [1.82, 2.24) is 4.98 Å². The maximum absolute atomic E-state index is 13.5.